The SMILES string of the molecule is Cc1csc(C(N)c2nnn(C)n2)c1. The third-order valence-electron chi connectivity index (χ3n) is 1.86. The van der Waals surface area contributed by atoms with E-state index in [1.807, 2.05) is 13.0 Å². The van der Waals surface area contributed by atoms with E-state index in [1.165, 1.54) is 10.4 Å². The van der Waals surface area contributed by atoms with Crippen LogP contribution in [0.25, 0.3) is 0 Å². The summed E-state index contributed by atoms with van der Waals surface area (Å²) in [7, 11) is 1.73. The van der Waals surface area contributed by atoms with Crippen LogP contribution in [-0.4, -0.2) is 20.2 Å². The van der Waals surface area contributed by atoms with Crippen LogP contribution >= 0.6 is 11.3 Å². The minimum Gasteiger partial charge on any atom is -0.317 e. The maximum absolute atomic E-state index is 5.98. The van der Waals surface area contributed by atoms with Gasteiger partial charge in [-0.25, -0.2) is 0 Å². The molecule has 0 saturated heterocycles. The molecule has 6 heteroatoms. The van der Waals surface area contributed by atoms with Gasteiger partial charge in [0.1, 0.15) is 6.04 Å². The molecule has 2 rings (SSSR count). The lowest BCUT2D eigenvalue weighted by Crippen LogP contribution is -2.12. The first kappa shape index (κ1) is 9.29. The second-order valence-corrected chi connectivity index (χ2v) is 4.08. The van der Waals surface area contributed by atoms with Crippen LogP contribution in [0.4, 0.5) is 0 Å². The molecule has 2 aromatic rings. The van der Waals surface area contributed by atoms with E-state index in [0.29, 0.717) is 5.82 Å². The molecule has 0 radical (unpaired) electrons. The highest BCUT2D eigenvalue weighted by Crippen LogP contribution is 2.22. The highest BCUT2D eigenvalue weighted by Gasteiger charge is 2.15. The first-order chi connectivity index (χ1) is 6.66. The summed E-state index contributed by atoms with van der Waals surface area (Å²) in [6.45, 7) is 2.04. The van der Waals surface area contributed by atoms with Gasteiger partial charge in [-0.3, -0.25) is 0 Å². The van der Waals surface area contributed by atoms with Crippen molar-refractivity contribution >= 4 is 11.3 Å². The highest BCUT2D eigenvalue weighted by atomic mass is 32.1. The van der Waals surface area contributed by atoms with Crippen LogP contribution in [-0.2, 0) is 7.05 Å². The summed E-state index contributed by atoms with van der Waals surface area (Å²) in [4.78, 5) is 2.48. The fourth-order valence-electron chi connectivity index (χ4n) is 1.17. The Kier molecular flexibility index (Phi) is 2.30. The van der Waals surface area contributed by atoms with Crippen molar-refractivity contribution in [3.05, 3.63) is 27.7 Å². The van der Waals surface area contributed by atoms with E-state index >= 15 is 0 Å². The topological polar surface area (TPSA) is 69.6 Å². The predicted molar refractivity (Wildman–Crippen MR) is 53.9 cm³/mol. The lowest BCUT2D eigenvalue weighted by atomic mass is 10.2. The minimum absolute atomic E-state index is 0.262. The quantitative estimate of drug-likeness (QED) is 0.787. The second kappa shape index (κ2) is 3.47. The number of aryl methyl sites for hydroxylation is 2. The summed E-state index contributed by atoms with van der Waals surface area (Å²) in [5, 5.41) is 13.8. The molecule has 0 fully saturated rings. The van der Waals surface area contributed by atoms with E-state index in [-0.39, 0.29) is 6.04 Å². The average Bonchev–Trinajstić information content (AvgIpc) is 2.73. The summed E-state index contributed by atoms with van der Waals surface area (Å²) in [6.07, 6.45) is 0. The smallest absolute Gasteiger partial charge is 0.196 e. The molecule has 1 atom stereocenters. The van der Waals surface area contributed by atoms with Gasteiger partial charge < -0.3 is 5.73 Å². The van der Waals surface area contributed by atoms with Crippen molar-refractivity contribution in [3.63, 3.8) is 0 Å². The van der Waals surface area contributed by atoms with Gasteiger partial charge in [-0.2, -0.15) is 4.80 Å². The summed E-state index contributed by atoms with van der Waals surface area (Å²) >= 11 is 1.62. The molecule has 0 bridgehead atoms. The summed E-state index contributed by atoms with van der Waals surface area (Å²) in [6, 6.07) is 1.79. The number of aromatic nitrogens is 4. The molecule has 74 valence electrons. The molecule has 0 spiro atoms. The molecule has 0 amide bonds. The zero-order chi connectivity index (χ0) is 10.1. The number of nitrogens with zero attached hydrogens (tertiary/aromatic N) is 4. The normalized spacial score (nSPS) is 13.1. The van der Waals surface area contributed by atoms with E-state index in [1.54, 1.807) is 18.4 Å². The zero-order valence-electron chi connectivity index (χ0n) is 8.01. The van der Waals surface area contributed by atoms with Crippen LogP contribution in [0.1, 0.15) is 22.3 Å². The van der Waals surface area contributed by atoms with E-state index in [9.17, 15) is 0 Å². The molecular formula is C8H11N5S. The Morgan fingerprint density at radius 3 is 2.86 bits per heavy atom. The Bertz CT molecular complexity index is 392. The van der Waals surface area contributed by atoms with Crippen LogP contribution in [0.5, 0.6) is 0 Å². The Labute approximate surface area is 85.5 Å². The van der Waals surface area contributed by atoms with Gasteiger partial charge in [0.2, 0.25) is 0 Å². The number of nitrogens with two attached hydrogens (primary N) is 1. The van der Waals surface area contributed by atoms with Crippen molar-refractivity contribution in [1.82, 2.24) is 20.2 Å². The molecule has 14 heavy (non-hydrogen) atoms. The molecule has 0 aliphatic rings. The summed E-state index contributed by atoms with van der Waals surface area (Å²) < 4.78 is 0. The number of hydrogen-bond acceptors (Lipinski definition) is 5. The number of thiophene rings is 1. The second-order valence-electron chi connectivity index (χ2n) is 3.14. The fourth-order valence-corrected chi connectivity index (χ4v) is 2.06. The van der Waals surface area contributed by atoms with Gasteiger partial charge in [0.05, 0.1) is 7.05 Å². The van der Waals surface area contributed by atoms with Gasteiger partial charge in [0, 0.05) is 4.88 Å². The maximum Gasteiger partial charge on any atom is 0.196 e. The monoisotopic (exact) mass is 209 g/mol. The Hall–Kier alpha value is -1.27. The molecule has 0 aromatic carbocycles. The zero-order valence-corrected chi connectivity index (χ0v) is 8.82. The van der Waals surface area contributed by atoms with Crippen LogP contribution in [0.3, 0.4) is 0 Å². The van der Waals surface area contributed by atoms with Gasteiger partial charge in [-0.05, 0) is 29.1 Å². The summed E-state index contributed by atoms with van der Waals surface area (Å²) in [5.74, 6) is 0.564. The van der Waals surface area contributed by atoms with Crippen molar-refractivity contribution in [2.75, 3.05) is 0 Å². The first-order valence-corrected chi connectivity index (χ1v) is 5.09. The van der Waals surface area contributed by atoms with Crippen molar-refractivity contribution in [2.24, 2.45) is 12.8 Å². The largest absolute Gasteiger partial charge is 0.317 e. The molecular weight excluding hydrogens is 198 g/mol. The molecule has 2 aromatic heterocycles. The van der Waals surface area contributed by atoms with Crippen molar-refractivity contribution < 1.29 is 0 Å². The molecule has 2 N–H and O–H groups in total. The number of rotatable bonds is 2. The van der Waals surface area contributed by atoms with Crippen LogP contribution in [0.15, 0.2) is 11.4 Å². The van der Waals surface area contributed by atoms with E-state index in [4.69, 9.17) is 5.73 Å². The molecule has 0 aliphatic heterocycles. The van der Waals surface area contributed by atoms with Crippen LogP contribution in [0.2, 0.25) is 0 Å². The standard InChI is InChI=1S/C8H11N5S/c1-5-3-6(14-4-5)7(9)8-10-12-13(2)11-8/h3-4,7H,9H2,1-2H3. The van der Waals surface area contributed by atoms with Gasteiger partial charge in [0.15, 0.2) is 5.82 Å². The number of hydrogen-bond donors (Lipinski definition) is 1. The molecule has 5 nitrogen and oxygen atoms in total. The van der Waals surface area contributed by atoms with Crippen molar-refractivity contribution in [3.8, 4) is 0 Å². The maximum atomic E-state index is 5.98. The van der Waals surface area contributed by atoms with E-state index in [0.717, 1.165) is 4.88 Å². The van der Waals surface area contributed by atoms with Gasteiger partial charge in [-0.1, -0.05) is 0 Å². The minimum atomic E-state index is -0.262. The predicted octanol–water partition coefficient (Wildman–Crippen LogP) is 0.628. The average molecular weight is 209 g/mol. The van der Waals surface area contributed by atoms with Gasteiger partial charge in [0.25, 0.3) is 0 Å². The van der Waals surface area contributed by atoms with E-state index < -0.39 is 0 Å². The first-order valence-electron chi connectivity index (χ1n) is 4.21. The Morgan fingerprint density at radius 2 is 2.36 bits per heavy atom. The van der Waals surface area contributed by atoms with Crippen molar-refractivity contribution in [1.29, 1.82) is 0 Å². The fraction of sp³-hybridized carbons (Fsp3) is 0.375. The molecule has 0 saturated carbocycles. The Balaban J connectivity index is 2.28. The van der Waals surface area contributed by atoms with Crippen molar-refractivity contribution in [2.45, 2.75) is 13.0 Å². The lowest BCUT2D eigenvalue weighted by Gasteiger charge is -2.02. The third kappa shape index (κ3) is 1.66. The molecule has 1 unspecified atom stereocenters. The van der Waals surface area contributed by atoms with Crippen LogP contribution in [0, 0.1) is 6.92 Å². The lowest BCUT2D eigenvalue weighted by molar-refractivity contribution is 0.625. The van der Waals surface area contributed by atoms with Gasteiger partial charge in [-0.15, -0.1) is 21.5 Å². The molecule has 2 heterocycles. The van der Waals surface area contributed by atoms with Crippen LogP contribution < -0.4 is 5.73 Å². The highest BCUT2D eigenvalue weighted by molar-refractivity contribution is 7.10. The summed E-state index contributed by atoms with van der Waals surface area (Å²) in [5.41, 5.74) is 7.19. The number of tetrazole rings is 1. The third-order valence-corrected chi connectivity index (χ3v) is 2.99. The van der Waals surface area contributed by atoms with Gasteiger partial charge >= 0.3 is 0 Å². The van der Waals surface area contributed by atoms with E-state index in [2.05, 4.69) is 20.8 Å². The molecule has 0 aliphatic carbocycles. The Morgan fingerprint density at radius 1 is 1.57 bits per heavy atom.